The number of aliphatic carboxylic acids is 1. The van der Waals surface area contributed by atoms with Crippen LogP contribution >= 0.6 is 0 Å². The molecule has 7 nitrogen and oxygen atoms in total. The van der Waals surface area contributed by atoms with E-state index in [0.717, 1.165) is 32.1 Å². The molecular formula is C28H32N2O5. The average molecular weight is 477 g/mol. The van der Waals surface area contributed by atoms with Crippen LogP contribution in [0.3, 0.4) is 0 Å². The third kappa shape index (κ3) is 5.04. The van der Waals surface area contributed by atoms with Crippen molar-refractivity contribution >= 4 is 18.0 Å². The van der Waals surface area contributed by atoms with Gasteiger partial charge in [-0.2, -0.15) is 0 Å². The summed E-state index contributed by atoms with van der Waals surface area (Å²) < 4.78 is 5.65. The van der Waals surface area contributed by atoms with E-state index in [1.54, 1.807) is 0 Å². The Morgan fingerprint density at radius 1 is 0.943 bits per heavy atom. The summed E-state index contributed by atoms with van der Waals surface area (Å²) in [5.74, 6) is -0.973. The maximum Gasteiger partial charge on any atom is 0.407 e. The molecule has 0 radical (unpaired) electrons. The van der Waals surface area contributed by atoms with Crippen LogP contribution in [-0.2, 0) is 14.3 Å². The number of benzene rings is 2. The van der Waals surface area contributed by atoms with E-state index < -0.39 is 18.1 Å². The Kier molecular flexibility index (Phi) is 6.75. The van der Waals surface area contributed by atoms with Crippen LogP contribution in [-0.4, -0.2) is 41.8 Å². The maximum absolute atomic E-state index is 12.6. The monoisotopic (exact) mass is 476 g/mol. The molecule has 3 atom stereocenters. The standard InChI is InChI=1S/C28H32N2O5/c31-25(30-26(27(32)33)18-6-5-7-18)15-17-12-13-19(14-17)29-28(34)35-16-24-22-10-3-1-8-20(22)21-9-2-4-11-23(21)24/h1-4,8-11,17-19,24,26H,5-7,12-16H2,(H,29,34)(H,30,31)(H,32,33). The van der Waals surface area contributed by atoms with Crippen LogP contribution in [0.4, 0.5) is 4.79 Å². The van der Waals surface area contributed by atoms with Crippen molar-refractivity contribution in [2.75, 3.05) is 6.61 Å². The number of hydrogen-bond donors (Lipinski definition) is 3. The van der Waals surface area contributed by atoms with Gasteiger partial charge in [0.05, 0.1) is 0 Å². The van der Waals surface area contributed by atoms with Crippen LogP contribution in [0.25, 0.3) is 11.1 Å². The topological polar surface area (TPSA) is 105 Å². The van der Waals surface area contributed by atoms with E-state index >= 15 is 0 Å². The van der Waals surface area contributed by atoms with Gasteiger partial charge in [0, 0.05) is 18.4 Å². The molecule has 3 aliphatic rings. The van der Waals surface area contributed by atoms with Crippen molar-refractivity contribution in [3.05, 3.63) is 59.7 Å². The normalized spacial score (nSPS) is 21.9. The number of carbonyl (C=O) groups is 3. The molecule has 0 aromatic heterocycles. The quantitative estimate of drug-likeness (QED) is 0.522. The zero-order valence-electron chi connectivity index (χ0n) is 19.7. The number of carboxylic acids is 1. The number of alkyl carbamates (subject to hydrolysis) is 1. The molecule has 2 saturated carbocycles. The molecule has 3 unspecified atom stereocenters. The van der Waals surface area contributed by atoms with E-state index in [9.17, 15) is 19.5 Å². The second-order valence-electron chi connectivity index (χ2n) is 10.1. The van der Waals surface area contributed by atoms with E-state index in [1.807, 2.05) is 24.3 Å². The Balaban J connectivity index is 1.09. The molecule has 2 aromatic rings. The SMILES string of the molecule is O=C(CC1CCC(NC(=O)OCC2c3ccccc3-c3ccccc32)C1)NC(C(=O)O)C1CCC1. The third-order valence-corrected chi connectivity index (χ3v) is 7.88. The number of ether oxygens (including phenoxy) is 1. The summed E-state index contributed by atoms with van der Waals surface area (Å²) in [6.45, 7) is 0.274. The largest absolute Gasteiger partial charge is 0.480 e. The first-order valence-corrected chi connectivity index (χ1v) is 12.6. The lowest BCUT2D eigenvalue weighted by molar-refractivity contribution is -0.144. The van der Waals surface area contributed by atoms with Crippen molar-refractivity contribution in [1.82, 2.24) is 10.6 Å². The average Bonchev–Trinajstić information content (AvgIpc) is 3.37. The number of hydrogen-bond acceptors (Lipinski definition) is 4. The highest BCUT2D eigenvalue weighted by Crippen LogP contribution is 2.44. The molecule has 0 aliphatic heterocycles. The van der Waals surface area contributed by atoms with Gasteiger partial charge >= 0.3 is 12.1 Å². The van der Waals surface area contributed by atoms with Crippen LogP contribution in [0.5, 0.6) is 0 Å². The summed E-state index contributed by atoms with van der Waals surface area (Å²) >= 11 is 0. The molecule has 0 spiro atoms. The van der Waals surface area contributed by atoms with Gasteiger partial charge in [0.1, 0.15) is 12.6 Å². The predicted molar refractivity (Wildman–Crippen MR) is 131 cm³/mol. The van der Waals surface area contributed by atoms with E-state index in [-0.39, 0.29) is 36.3 Å². The Bertz CT molecular complexity index is 1070. The summed E-state index contributed by atoms with van der Waals surface area (Å²) in [7, 11) is 0. The molecular weight excluding hydrogens is 444 g/mol. The van der Waals surface area contributed by atoms with Gasteiger partial charge in [-0.3, -0.25) is 4.79 Å². The summed E-state index contributed by atoms with van der Waals surface area (Å²) in [5.41, 5.74) is 4.73. The molecule has 7 heteroatoms. The zero-order valence-corrected chi connectivity index (χ0v) is 19.7. The summed E-state index contributed by atoms with van der Waals surface area (Å²) in [5, 5.41) is 15.1. The van der Waals surface area contributed by atoms with Crippen LogP contribution in [0.15, 0.2) is 48.5 Å². The van der Waals surface area contributed by atoms with E-state index in [4.69, 9.17) is 4.74 Å². The van der Waals surface area contributed by atoms with E-state index in [1.165, 1.54) is 22.3 Å². The first-order valence-electron chi connectivity index (χ1n) is 12.6. The van der Waals surface area contributed by atoms with Crippen molar-refractivity contribution in [3.63, 3.8) is 0 Å². The zero-order chi connectivity index (χ0) is 24.4. The third-order valence-electron chi connectivity index (χ3n) is 7.88. The Labute approximate surface area is 205 Å². The van der Waals surface area contributed by atoms with Gasteiger partial charge < -0.3 is 20.5 Å². The van der Waals surface area contributed by atoms with Crippen LogP contribution in [0, 0.1) is 11.8 Å². The molecule has 2 amide bonds. The number of fused-ring (bicyclic) bond motifs is 3. The highest BCUT2D eigenvalue weighted by atomic mass is 16.5. The molecule has 3 aliphatic carbocycles. The first-order chi connectivity index (χ1) is 17.0. The molecule has 0 saturated heterocycles. The Morgan fingerprint density at radius 2 is 1.60 bits per heavy atom. The van der Waals surface area contributed by atoms with Crippen LogP contribution in [0.2, 0.25) is 0 Å². The maximum atomic E-state index is 12.6. The van der Waals surface area contributed by atoms with Crippen LogP contribution < -0.4 is 10.6 Å². The molecule has 2 aromatic carbocycles. The van der Waals surface area contributed by atoms with E-state index in [2.05, 4.69) is 34.9 Å². The van der Waals surface area contributed by atoms with Gasteiger partial charge in [0.2, 0.25) is 5.91 Å². The Morgan fingerprint density at radius 3 is 2.20 bits per heavy atom. The van der Waals surface area contributed by atoms with Gasteiger partial charge in [-0.15, -0.1) is 0 Å². The number of rotatable bonds is 8. The highest BCUT2D eigenvalue weighted by molar-refractivity contribution is 5.84. The van der Waals surface area contributed by atoms with Gasteiger partial charge in [-0.05, 0) is 66.2 Å². The number of carbonyl (C=O) groups excluding carboxylic acids is 2. The molecule has 184 valence electrons. The van der Waals surface area contributed by atoms with Crippen LogP contribution in [0.1, 0.15) is 62.0 Å². The summed E-state index contributed by atoms with van der Waals surface area (Å²) in [4.78, 5) is 36.5. The minimum Gasteiger partial charge on any atom is -0.480 e. The predicted octanol–water partition coefficient (Wildman–Crippen LogP) is 4.45. The smallest absolute Gasteiger partial charge is 0.407 e. The second-order valence-corrected chi connectivity index (χ2v) is 10.1. The van der Waals surface area contributed by atoms with Crippen molar-refractivity contribution in [1.29, 1.82) is 0 Å². The molecule has 3 N–H and O–H groups in total. The fourth-order valence-corrected chi connectivity index (χ4v) is 5.85. The van der Waals surface area contributed by atoms with Crippen molar-refractivity contribution in [2.45, 2.75) is 62.9 Å². The number of amides is 2. The van der Waals surface area contributed by atoms with Crippen molar-refractivity contribution in [2.24, 2.45) is 11.8 Å². The second kappa shape index (κ2) is 10.1. The molecule has 35 heavy (non-hydrogen) atoms. The Hall–Kier alpha value is -3.35. The summed E-state index contributed by atoms with van der Waals surface area (Å²) in [6, 6.07) is 15.6. The van der Waals surface area contributed by atoms with Gasteiger partial charge in [0.25, 0.3) is 0 Å². The number of nitrogens with one attached hydrogen (secondary N) is 2. The minimum atomic E-state index is -0.954. The summed E-state index contributed by atoms with van der Waals surface area (Å²) in [6.07, 6.45) is 4.89. The molecule has 2 fully saturated rings. The molecule has 0 bridgehead atoms. The lowest BCUT2D eigenvalue weighted by Gasteiger charge is -2.31. The highest BCUT2D eigenvalue weighted by Gasteiger charge is 2.35. The molecule has 5 rings (SSSR count). The first kappa shape index (κ1) is 23.4. The van der Waals surface area contributed by atoms with Crippen molar-refractivity contribution < 1.29 is 24.2 Å². The van der Waals surface area contributed by atoms with E-state index in [0.29, 0.717) is 12.8 Å². The lowest BCUT2D eigenvalue weighted by atomic mass is 9.79. The lowest BCUT2D eigenvalue weighted by Crippen LogP contribution is -2.48. The fraction of sp³-hybridized carbons (Fsp3) is 0.464. The van der Waals surface area contributed by atoms with Gasteiger partial charge in [-0.25, -0.2) is 9.59 Å². The minimum absolute atomic E-state index is 0.0195. The van der Waals surface area contributed by atoms with Crippen molar-refractivity contribution in [3.8, 4) is 11.1 Å². The number of carboxylic acid groups (broad SMARTS) is 1. The molecule has 0 heterocycles. The fourth-order valence-electron chi connectivity index (χ4n) is 5.85. The van der Waals surface area contributed by atoms with Gasteiger partial charge in [-0.1, -0.05) is 55.0 Å². The van der Waals surface area contributed by atoms with Gasteiger partial charge in [0.15, 0.2) is 0 Å².